The number of amides is 1. The van der Waals surface area contributed by atoms with E-state index in [0.29, 0.717) is 43.0 Å². The molecule has 0 spiro atoms. The molecule has 0 unspecified atom stereocenters. The summed E-state index contributed by atoms with van der Waals surface area (Å²) in [5.41, 5.74) is 1.71. The molecule has 0 N–H and O–H groups in total. The van der Waals surface area contributed by atoms with Crippen molar-refractivity contribution in [1.29, 1.82) is 0 Å². The Labute approximate surface area is 175 Å². The maximum absolute atomic E-state index is 13.2. The summed E-state index contributed by atoms with van der Waals surface area (Å²) in [6, 6.07) is 5.88. The van der Waals surface area contributed by atoms with Gasteiger partial charge >= 0.3 is 0 Å². The van der Waals surface area contributed by atoms with Gasteiger partial charge in [0.2, 0.25) is 15.9 Å². The van der Waals surface area contributed by atoms with E-state index in [0.717, 1.165) is 0 Å². The fourth-order valence-electron chi connectivity index (χ4n) is 3.66. The summed E-state index contributed by atoms with van der Waals surface area (Å²) in [4.78, 5) is 24.8. The van der Waals surface area contributed by atoms with Crippen LogP contribution in [0.1, 0.15) is 23.4 Å². The highest BCUT2D eigenvalue weighted by atomic mass is 32.2. The Kier molecular flexibility index (Phi) is 6.22. The zero-order chi connectivity index (χ0) is 22.1. The van der Waals surface area contributed by atoms with Crippen molar-refractivity contribution in [2.24, 2.45) is 7.05 Å². The summed E-state index contributed by atoms with van der Waals surface area (Å²) in [5.74, 6) is -0.128. The Morgan fingerprint density at radius 1 is 1.13 bits per heavy atom. The molecule has 0 radical (unpaired) electrons. The largest absolute Gasteiger partial charge is 0.341 e. The Hall–Kier alpha value is -2.79. The average Bonchev–Trinajstić information content (AvgIpc) is 2.87. The summed E-state index contributed by atoms with van der Waals surface area (Å²) in [6.45, 7) is 4.70. The van der Waals surface area contributed by atoms with E-state index in [1.807, 2.05) is 0 Å². The molecule has 1 amide bonds. The van der Waals surface area contributed by atoms with Gasteiger partial charge < -0.3 is 4.90 Å². The summed E-state index contributed by atoms with van der Waals surface area (Å²) in [6.07, 6.45) is 0.648. The third kappa shape index (κ3) is 4.36. The van der Waals surface area contributed by atoms with E-state index in [1.54, 1.807) is 42.6 Å². The second-order valence-corrected chi connectivity index (χ2v) is 9.24. The van der Waals surface area contributed by atoms with Gasteiger partial charge in [-0.05, 0) is 25.8 Å². The number of benzene rings is 1. The average molecular weight is 436 g/mol. The van der Waals surface area contributed by atoms with Crippen LogP contribution in [0, 0.1) is 24.0 Å². The molecule has 1 aliphatic rings. The zero-order valence-electron chi connectivity index (χ0n) is 17.2. The number of carbonyl (C=O) groups excluding carboxylic acids is 1. The normalized spacial score (nSPS) is 15.8. The van der Waals surface area contributed by atoms with Crippen LogP contribution in [0.3, 0.4) is 0 Å². The number of aryl methyl sites for hydroxylation is 2. The number of nitro benzene ring substituents is 1. The van der Waals surface area contributed by atoms with Crippen molar-refractivity contribution in [2.75, 3.05) is 26.2 Å². The first-order valence-electron chi connectivity index (χ1n) is 9.62. The predicted molar refractivity (Wildman–Crippen MR) is 109 cm³/mol. The monoisotopic (exact) mass is 435 g/mol. The van der Waals surface area contributed by atoms with E-state index in [4.69, 9.17) is 0 Å². The highest BCUT2D eigenvalue weighted by Crippen LogP contribution is 2.24. The summed E-state index contributed by atoms with van der Waals surface area (Å²) in [7, 11) is -1.99. The second-order valence-electron chi connectivity index (χ2n) is 7.36. The van der Waals surface area contributed by atoms with Crippen LogP contribution < -0.4 is 0 Å². The number of aromatic nitrogens is 2. The van der Waals surface area contributed by atoms with E-state index in [9.17, 15) is 23.3 Å². The van der Waals surface area contributed by atoms with Gasteiger partial charge in [0.05, 0.1) is 22.7 Å². The summed E-state index contributed by atoms with van der Waals surface area (Å²) < 4.78 is 29.3. The Balaban J connectivity index is 1.68. The van der Waals surface area contributed by atoms with Gasteiger partial charge in [0.1, 0.15) is 4.90 Å². The number of nitro groups is 1. The van der Waals surface area contributed by atoms with Gasteiger partial charge in [0.25, 0.3) is 5.69 Å². The van der Waals surface area contributed by atoms with Gasteiger partial charge in [-0.2, -0.15) is 9.40 Å². The minimum Gasteiger partial charge on any atom is -0.341 e. The molecule has 30 heavy (non-hydrogen) atoms. The van der Waals surface area contributed by atoms with E-state index in [-0.39, 0.29) is 29.5 Å². The quantitative estimate of drug-likeness (QED) is 0.517. The molecule has 1 aromatic heterocycles. The summed E-state index contributed by atoms with van der Waals surface area (Å²) >= 11 is 0. The van der Waals surface area contributed by atoms with Crippen molar-refractivity contribution in [3.63, 3.8) is 0 Å². The van der Waals surface area contributed by atoms with Crippen LogP contribution in [0.4, 0.5) is 5.69 Å². The van der Waals surface area contributed by atoms with Crippen LogP contribution in [0.2, 0.25) is 0 Å². The van der Waals surface area contributed by atoms with E-state index < -0.39 is 14.9 Å². The topological polar surface area (TPSA) is 119 Å². The third-order valence-electron chi connectivity index (χ3n) is 5.35. The fourth-order valence-corrected chi connectivity index (χ4v) is 5.53. The smallest absolute Gasteiger partial charge is 0.269 e. The lowest BCUT2D eigenvalue weighted by molar-refractivity contribution is -0.384. The molecule has 0 saturated carbocycles. The Morgan fingerprint density at radius 2 is 1.80 bits per heavy atom. The molecule has 10 nitrogen and oxygen atoms in total. The van der Waals surface area contributed by atoms with Crippen molar-refractivity contribution in [3.8, 4) is 0 Å². The number of nitrogens with zero attached hydrogens (tertiary/aromatic N) is 5. The minimum absolute atomic E-state index is 0.0252. The molecule has 1 fully saturated rings. The molecule has 11 heteroatoms. The molecular formula is C19H25N5O5S. The highest BCUT2D eigenvalue weighted by Gasteiger charge is 2.32. The Bertz CT molecular complexity index is 1060. The SMILES string of the molecule is Cc1nn(C)c(C)c1S(=O)(=O)N1CCCN(C(=O)Cc2ccc([N+](=O)[O-])cc2)CC1. The maximum atomic E-state index is 13.2. The molecule has 0 atom stereocenters. The molecule has 0 aliphatic carbocycles. The van der Waals surface area contributed by atoms with Gasteiger partial charge in [0.15, 0.2) is 0 Å². The van der Waals surface area contributed by atoms with Gasteiger partial charge in [0, 0.05) is 45.4 Å². The molecule has 2 heterocycles. The number of rotatable bonds is 5. The van der Waals surface area contributed by atoms with Gasteiger partial charge in [-0.1, -0.05) is 12.1 Å². The lowest BCUT2D eigenvalue weighted by Crippen LogP contribution is -2.38. The number of non-ortho nitro benzene ring substituents is 1. The Morgan fingerprint density at radius 3 is 2.37 bits per heavy atom. The zero-order valence-corrected chi connectivity index (χ0v) is 18.1. The van der Waals surface area contributed by atoms with Crippen molar-refractivity contribution in [3.05, 3.63) is 51.3 Å². The molecule has 3 rings (SSSR count). The standard InChI is InChI=1S/C19H25N5O5S/c1-14-19(15(2)21(3)20-14)30(28,29)23-10-4-9-22(11-12-23)18(25)13-16-5-7-17(8-6-16)24(26)27/h5-8H,4,9-13H2,1-3H3. The molecule has 162 valence electrons. The second kappa shape index (κ2) is 8.52. The molecule has 1 aromatic carbocycles. The van der Waals surface area contributed by atoms with Crippen LogP contribution in [0.5, 0.6) is 0 Å². The van der Waals surface area contributed by atoms with E-state index in [1.165, 1.54) is 16.4 Å². The predicted octanol–water partition coefficient (Wildman–Crippen LogP) is 1.41. The minimum atomic E-state index is -3.70. The number of carbonyl (C=O) groups is 1. The summed E-state index contributed by atoms with van der Waals surface area (Å²) in [5, 5.41) is 15.0. The van der Waals surface area contributed by atoms with Crippen LogP contribution in [0.25, 0.3) is 0 Å². The molecule has 0 bridgehead atoms. The molecular weight excluding hydrogens is 410 g/mol. The fraction of sp³-hybridized carbons (Fsp3) is 0.474. The lowest BCUT2D eigenvalue weighted by Gasteiger charge is -2.22. The maximum Gasteiger partial charge on any atom is 0.269 e. The number of hydrogen-bond donors (Lipinski definition) is 0. The van der Waals surface area contributed by atoms with Gasteiger partial charge in [-0.3, -0.25) is 19.6 Å². The van der Waals surface area contributed by atoms with Crippen LogP contribution >= 0.6 is 0 Å². The highest BCUT2D eigenvalue weighted by molar-refractivity contribution is 7.89. The first-order valence-corrected chi connectivity index (χ1v) is 11.1. The van der Waals surface area contributed by atoms with Gasteiger partial charge in [-0.15, -0.1) is 0 Å². The van der Waals surface area contributed by atoms with E-state index >= 15 is 0 Å². The first kappa shape index (κ1) is 21.9. The van der Waals surface area contributed by atoms with Crippen LogP contribution in [-0.2, 0) is 28.3 Å². The van der Waals surface area contributed by atoms with Crippen LogP contribution in [-0.4, -0.2) is 64.4 Å². The van der Waals surface area contributed by atoms with Crippen molar-refractivity contribution in [2.45, 2.75) is 31.6 Å². The van der Waals surface area contributed by atoms with Crippen molar-refractivity contribution >= 4 is 21.6 Å². The number of sulfonamides is 1. The third-order valence-corrected chi connectivity index (χ3v) is 7.50. The van der Waals surface area contributed by atoms with Gasteiger partial charge in [-0.25, -0.2) is 8.42 Å². The lowest BCUT2D eigenvalue weighted by atomic mass is 10.1. The first-order chi connectivity index (χ1) is 14.1. The molecule has 1 aliphatic heterocycles. The molecule has 1 saturated heterocycles. The van der Waals surface area contributed by atoms with Crippen molar-refractivity contribution in [1.82, 2.24) is 19.0 Å². The van der Waals surface area contributed by atoms with Crippen LogP contribution in [0.15, 0.2) is 29.2 Å². The van der Waals surface area contributed by atoms with Crippen molar-refractivity contribution < 1.29 is 18.1 Å². The molecule has 2 aromatic rings. The van der Waals surface area contributed by atoms with E-state index in [2.05, 4.69) is 5.10 Å². The number of hydrogen-bond acceptors (Lipinski definition) is 6.